The lowest BCUT2D eigenvalue weighted by atomic mass is 10.00. The summed E-state index contributed by atoms with van der Waals surface area (Å²) in [7, 11) is 0. The Morgan fingerprint density at radius 1 is 1.39 bits per heavy atom. The largest absolute Gasteiger partial charge is 0.416 e. The molecule has 0 saturated carbocycles. The normalized spacial score (nSPS) is 13.2. The van der Waals surface area contributed by atoms with Crippen LogP contribution >= 0.6 is 0 Å². The van der Waals surface area contributed by atoms with Crippen LogP contribution in [-0.4, -0.2) is 24.2 Å². The topological polar surface area (TPSA) is 75.4 Å². The molecule has 0 aliphatic carbocycles. The molecule has 0 radical (unpaired) electrons. The standard InChI is InChI=1S/C11H13F3N2O2/c12-11(13,14)8-4-2-1-3-7(8)9(15)10(18)16-5-6-17/h1-4,9,17H,5-6,15H2,(H,16,18). The highest BCUT2D eigenvalue weighted by Gasteiger charge is 2.35. The van der Waals surface area contributed by atoms with E-state index in [1.54, 1.807) is 0 Å². The summed E-state index contributed by atoms with van der Waals surface area (Å²) in [5, 5.41) is 10.7. The first-order valence-electron chi connectivity index (χ1n) is 5.18. The van der Waals surface area contributed by atoms with E-state index >= 15 is 0 Å². The number of aliphatic hydroxyl groups is 1. The van der Waals surface area contributed by atoms with E-state index in [1.807, 2.05) is 0 Å². The first kappa shape index (κ1) is 14.5. The molecule has 0 aromatic heterocycles. The van der Waals surface area contributed by atoms with Crippen LogP contribution in [-0.2, 0) is 11.0 Å². The van der Waals surface area contributed by atoms with Crippen LogP contribution in [0.3, 0.4) is 0 Å². The van der Waals surface area contributed by atoms with Crippen LogP contribution < -0.4 is 11.1 Å². The first-order chi connectivity index (χ1) is 8.38. The summed E-state index contributed by atoms with van der Waals surface area (Å²) in [6.07, 6.45) is -4.56. The summed E-state index contributed by atoms with van der Waals surface area (Å²) >= 11 is 0. The number of halogens is 3. The Kier molecular flexibility index (Phi) is 4.69. The zero-order valence-corrected chi connectivity index (χ0v) is 9.37. The van der Waals surface area contributed by atoms with Crippen molar-refractivity contribution < 1.29 is 23.1 Å². The fourth-order valence-electron chi connectivity index (χ4n) is 1.46. The second kappa shape index (κ2) is 5.83. The number of hydrogen-bond donors (Lipinski definition) is 3. The van der Waals surface area contributed by atoms with E-state index < -0.39 is 23.7 Å². The van der Waals surface area contributed by atoms with Crippen molar-refractivity contribution in [3.63, 3.8) is 0 Å². The van der Waals surface area contributed by atoms with Crippen molar-refractivity contribution in [2.75, 3.05) is 13.2 Å². The van der Waals surface area contributed by atoms with Gasteiger partial charge in [-0.15, -0.1) is 0 Å². The molecule has 0 bridgehead atoms. The van der Waals surface area contributed by atoms with E-state index in [-0.39, 0.29) is 18.7 Å². The Hall–Kier alpha value is -1.60. The SMILES string of the molecule is NC(C(=O)NCCO)c1ccccc1C(F)(F)F. The number of hydrogen-bond acceptors (Lipinski definition) is 3. The van der Waals surface area contributed by atoms with E-state index in [2.05, 4.69) is 5.32 Å². The maximum atomic E-state index is 12.7. The van der Waals surface area contributed by atoms with E-state index in [9.17, 15) is 18.0 Å². The molecule has 1 aromatic carbocycles. The smallest absolute Gasteiger partial charge is 0.395 e. The van der Waals surface area contributed by atoms with Crippen LogP contribution in [0.5, 0.6) is 0 Å². The zero-order valence-electron chi connectivity index (χ0n) is 9.37. The maximum absolute atomic E-state index is 12.7. The van der Waals surface area contributed by atoms with Crippen molar-refractivity contribution in [3.05, 3.63) is 35.4 Å². The highest BCUT2D eigenvalue weighted by atomic mass is 19.4. The average molecular weight is 262 g/mol. The van der Waals surface area contributed by atoms with Gasteiger partial charge in [-0.1, -0.05) is 18.2 Å². The van der Waals surface area contributed by atoms with E-state index in [0.29, 0.717) is 0 Å². The average Bonchev–Trinajstić information content (AvgIpc) is 2.34. The lowest BCUT2D eigenvalue weighted by Gasteiger charge is -2.17. The molecule has 1 amide bonds. The Bertz CT molecular complexity index is 421. The highest BCUT2D eigenvalue weighted by Crippen LogP contribution is 2.33. The lowest BCUT2D eigenvalue weighted by molar-refractivity contribution is -0.138. The van der Waals surface area contributed by atoms with Crippen LogP contribution in [0.15, 0.2) is 24.3 Å². The number of aliphatic hydroxyl groups excluding tert-OH is 1. The highest BCUT2D eigenvalue weighted by molar-refractivity contribution is 5.83. The van der Waals surface area contributed by atoms with Gasteiger partial charge in [-0.2, -0.15) is 13.2 Å². The van der Waals surface area contributed by atoms with Crippen LogP contribution in [0.4, 0.5) is 13.2 Å². The minimum atomic E-state index is -4.56. The minimum absolute atomic E-state index is 0.0548. The maximum Gasteiger partial charge on any atom is 0.416 e. The number of alkyl halides is 3. The third-order valence-electron chi connectivity index (χ3n) is 2.29. The molecule has 18 heavy (non-hydrogen) atoms. The molecule has 0 fully saturated rings. The predicted molar refractivity (Wildman–Crippen MR) is 58.5 cm³/mol. The molecule has 0 spiro atoms. The second-order valence-corrected chi connectivity index (χ2v) is 3.58. The number of rotatable bonds is 4. The molecule has 0 saturated heterocycles. The molecule has 1 rings (SSSR count). The number of benzene rings is 1. The van der Waals surface area contributed by atoms with E-state index in [1.165, 1.54) is 12.1 Å². The van der Waals surface area contributed by atoms with Gasteiger partial charge in [-0.05, 0) is 11.6 Å². The number of carbonyl (C=O) groups excluding carboxylic acids is 1. The third-order valence-corrected chi connectivity index (χ3v) is 2.29. The molecule has 1 unspecified atom stereocenters. The first-order valence-corrected chi connectivity index (χ1v) is 5.18. The van der Waals surface area contributed by atoms with Gasteiger partial charge in [0.25, 0.3) is 0 Å². The van der Waals surface area contributed by atoms with Crippen molar-refractivity contribution in [1.29, 1.82) is 0 Å². The molecule has 100 valence electrons. The molecule has 1 atom stereocenters. The molecular formula is C11H13F3N2O2. The fourth-order valence-corrected chi connectivity index (χ4v) is 1.46. The summed E-state index contributed by atoms with van der Waals surface area (Å²) < 4.78 is 38.1. The number of amides is 1. The predicted octanol–water partition coefficient (Wildman–Crippen LogP) is 0.814. The van der Waals surface area contributed by atoms with E-state index in [0.717, 1.165) is 12.1 Å². The summed E-state index contributed by atoms with van der Waals surface area (Å²) in [5.41, 5.74) is 4.26. The van der Waals surface area contributed by atoms with Gasteiger partial charge in [0.15, 0.2) is 0 Å². The molecule has 0 aliphatic heterocycles. The molecule has 0 aliphatic rings. The molecule has 0 heterocycles. The lowest BCUT2D eigenvalue weighted by Crippen LogP contribution is -2.36. The summed E-state index contributed by atoms with van der Waals surface area (Å²) in [6, 6.07) is 3.21. The van der Waals surface area contributed by atoms with Crippen LogP contribution in [0.25, 0.3) is 0 Å². The van der Waals surface area contributed by atoms with Crippen LogP contribution in [0.1, 0.15) is 17.2 Å². The Morgan fingerprint density at radius 2 is 2.00 bits per heavy atom. The minimum Gasteiger partial charge on any atom is -0.395 e. The Balaban J connectivity index is 2.99. The second-order valence-electron chi connectivity index (χ2n) is 3.58. The van der Waals surface area contributed by atoms with Gasteiger partial charge in [0.05, 0.1) is 12.2 Å². The van der Waals surface area contributed by atoms with Crippen molar-refractivity contribution in [2.45, 2.75) is 12.2 Å². The summed E-state index contributed by atoms with van der Waals surface area (Å²) in [5.74, 6) is -0.763. The van der Waals surface area contributed by atoms with Gasteiger partial charge in [0, 0.05) is 6.54 Å². The summed E-state index contributed by atoms with van der Waals surface area (Å²) in [6.45, 7) is -0.361. The third kappa shape index (κ3) is 3.44. The Morgan fingerprint density at radius 3 is 2.56 bits per heavy atom. The number of nitrogens with two attached hydrogens (primary N) is 1. The number of carbonyl (C=O) groups is 1. The van der Waals surface area contributed by atoms with Gasteiger partial charge in [0.1, 0.15) is 6.04 Å². The Labute approximate surface area is 102 Å². The van der Waals surface area contributed by atoms with Crippen molar-refractivity contribution in [3.8, 4) is 0 Å². The monoisotopic (exact) mass is 262 g/mol. The molecule has 4 N–H and O–H groups in total. The molecular weight excluding hydrogens is 249 g/mol. The van der Waals surface area contributed by atoms with E-state index in [4.69, 9.17) is 10.8 Å². The summed E-state index contributed by atoms with van der Waals surface area (Å²) in [4.78, 5) is 11.5. The van der Waals surface area contributed by atoms with Crippen LogP contribution in [0, 0.1) is 0 Å². The van der Waals surface area contributed by atoms with Crippen LogP contribution in [0.2, 0.25) is 0 Å². The quantitative estimate of drug-likeness (QED) is 0.751. The van der Waals surface area contributed by atoms with Gasteiger partial charge in [0.2, 0.25) is 5.91 Å². The van der Waals surface area contributed by atoms with Crippen molar-refractivity contribution >= 4 is 5.91 Å². The van der Waals surface area contributed by atoms with Gasteiger partial charge in [-0.3, -0.25) is 4.79 Å². The van der Waals surface area contributed by atoms with Gasteiger partial charge in [-0.25, -0.2) is 0 Å². The molecule has 1 aromatic rings. The molecule has 4 nitrogen and oxygen atoms in total. The van der Waals surface area contributed by atoms with Crippen molar-refractivity contribution in [1.82, 2.24) is 5.32 Å². The zero-order chi connectivity index (χ0) is 13.8. The number of nitrogens with one attached hydrogen (secondary N) is 1. The van der Waals surface area contributed by atoms with Gasteiger partial charge < -0.3 is 16.2 Å². The van der Waals surface area contributed by atoms with Gasteiger partial charge >= 0.3 is 6.18 Å². The fraction of sp³-hybridized carbons (Fsp3) is 0.364. The molecule has 7 heteroatoms. The van der Waals surface area contributed by atoms with Crippen molar-refractivity contribution in [2.24, 2.45) is 5.73 Å².